The topological polar surface area (TPSA) is 52.8 Å². The normalized spacial score (nSPS) is 10.3. The second-order valence-electron chi connectivity index (χ2n) is 2.63. The minimum Gasteiger partial charge on any atom is -0.479 e. The summed E-state index contributed by atoms with van der Waals surface area (Å²) in [5.41, 5.74) is 0. The van der Waals surface area contributed by atoms with Crippen LogP contribution >= 0.6 is 0 Å². The summed E-state index contributed by atoms with van der Waals surface area (Å²) < 4.78 is 31.3. The first-order chi connectivity index (χ1) is 7.20. The molecule has 15 heavy (non-hydrogen) atoms. The number of halogens is 2. The van der Waals surface area contributed by atoms with E-state index in [4.69, 9.17) is 0 Å². The van der Waals surface area contributed by atoms with Gasteiger partial charge in [-0.2, -0.15) is 14.5 Å². The van der Waals surface area contributed by atoms with E-state index in [0.717, 1.165) is 23.3 Å². The van der Waals surface area contributed by atoms with Crippen LogP contribution in [0, 0.1) is 11.6 Å². The van der Waals surface area contributed by atoms with Crippen molar-refractivity contribution in [1.82, 2.24) is 19.7 Å². The maximum atomic E-state index is 12.9. The summed E-state index contributed by atoms with van der Waals surface area (Å²) in [6, 6.07) is 0. The molecule has 2 heterocycles. The summed E-state index contributed by atoms with van der Waals surface area (Å²) in [4.78, 5) is 7.34. The fourth-order valence-corrected chi connectivity index (χ4v) is 1.01. The van der Waals surface area contributed by atoms with Gasteiger partial charge in [-0.05, 0) is 0 Å². The van der Waals surface area contributed by atoms with Gasteiger partial charge >= 0.3 is 0 Å². The molecule has 2 aromatic heterocycles. The number of hydrogen-bond donors (Lipinski definition) is 0. The zero-order chi connectivity index (χ0) is 10.8. The molecular formula is C8H6F2N4O. The van der Waals surface area contributed by atoms with Gasteiger partial charge in [0.25, 0.3) is 11.8 Å². The average molecular weight is 212 g/mol. The van der Waals surface area contributed by atoms with Crippen LogP contribution in [0.25, 0.3) is 5.95 Å². The molecule has 2 rings (SSSR count). The molecule has 0 bridgehead atoms. The molecule has 0 aliphatic heterocycles. The largest absolute Gasteiger partial charge is 0.479 e. The third kappa shape index (κ3) is 1.76. The number of nitrogens with zero attached hydrogens (tertiary/aromatic N) is 4. The SMILES string of the molecule is COc1nc(-n2cc(F)cn2)ncc1F. The van der Waals surface area contributed by atoms with Crippen LogP contribution in [0.5, 0.6) is 5.88 Å². The van der Waals surface area contributed by atoms with Crippen molar-refractivity contribution in [2.24, 2.45) is 0 Å². The molecule has 0 spiro atoms. The number of rotatable bonds is 2. The minimum absolute atomic E-state index is 0.0390. The van der Waals surface area contributed by atoms with Crippen LogP contribution in [0.2, 0.25) is 0 Å². The van der Waals surface area contributed by atoms with Crippen LogP contribution < -0.4 is 4.74 Å². The van der Waals surface area contributed by atoms with Crippen LogP contribution in [0.1, 0.15) is 0 Å². The van der Waals surface area contributed by atoms with E-state index in [-0.39, 0.29) is 11.8 Å². The van der Waals surface area contributed by atoms with Gasteiger partial charge in [0.05, 0.1) is 25.7 Å². The van der Waals surface area contributed by atoms with Crippen LogP contribution in [-0.2, 0) is 0 Å². The Hall–Kier alpha value is -2.05. The molecule has 0 aromatic carbocycles. The third-order valence-corrected chi connectivity index (χ3v) is 1.65. The van der Waals surface area contributed by atoms with Gasteiger partial charge in [0, 0.05) is 0 Å². The van der Waals surface area contributed by atoms with E-state index in [2.05, 4.69) is 19.8 Å². The molecule has 0 radical (unpaired) electrons. The molecule has 0 unspecified atom stereocenters. The van der Waals surface area contributed by atoms with Crippen molar-refractivity contribution in [3.05, 3.63) is 30.2 Å². The number of hydrogen-bond acceptors (Lipinski definition) is 4. The van der Waals surface area contributed by atoms with Gasteiger partial charge < -0.3 is 4.74 Å². The highest BCUT2D eigenvalue weighted by Crippen LogP contribution is 2.13. The Morgan fingerprint density at radius 2 is 2.13 bits per heavy atom. The van der Waals surface area contributed by atoms with Gasteiger partial charge in [0.15, 0.2) is 5.82 Å². The molecule has 0 amide bonds. The molecule has 0 aliphatic rings. The number of methoxy groups -OCH3 is 1. The maximum Gasteiger partial charge on any atom is 0.255 e. The summed E-state index contributed by atoms with van der Waals surface area (Å²) in [7, 11) is 1.28. The Labute approximate surface area is 83.3 Å². The zero-order valence-corrected chi connectivity index (χ0v) is 7.69. The van der Waals surface area contributed by atoms with Crippen molar-refractivity contribution in [2.75, 3.05) is 7.11 Å². The predicted octanol–water partition coefficient (Wildman–Crippen LogP) is 0.949. The molecular weight excluding hydrogens is 206 g/mol. The van der Waals surface area contributed by atoms with Crippen molar-refractivity contribution in [2.45, 2.75) is 0 Å². The molecule has 0 fully saturated rings. The van der Waals surface area contributed by atoms with Gasteiger partial charge in [-0.1, -0.05) is 0 Å². The van der Waals surface area contributed by atoms with Crippen molar-refractivity contribution in [1.29, 1.82) is 0 Å². The van der Waals surface area contributed by atoms with E-state index >= 15 is 0 Å². The average Bonchev–Trinajstić information content (AvgIpc) is 2.66. The lowest BCUT2D eigenvalue weighted by Crippen LogP contribution is -2.04. The maximum absolute atomic E-state index is 12.9. The lowest BCUT2D eigenvalue weighted by Gasteiger charge is -2.02. The van der Waals surface area contributed by atoms with E-state index in [1.165, 1.54) is 7.11 Å². The summed E-state index contributed by atoms with van der Waals surface area (Å²) in [6.45, 7) is 0. The van der Waals surface area contributed by atoms with Crippen LogP contribution in [0.3, 0.4) is 0 Å². The first kappa shape index (κ1) is 9.50. The van der Waals surface area contributed by atoms with Crippen molar-refractivity contribution in [3.63, 3.8) is 0 Å². The number of aromatic nitrogens is 4. The standard InChI is InChI=1S/C8H6F2N4O/c1-15-7-6(10)3-11-8(13-7)14-4-5(9)2-12-14/h2-4H,1H3. The highest BCUT2D eigenvalue weighted by atomic mass is 19.1. The third-order valence-electron chi connectivity index (χ3n) is 1.65. The second kappa shape index (κ2) is 3.60. The van der Waals surface area contributed by atoms with Crippen molar-refractivity contribution < 1.29 is 13.5 Å². The first-order valence-corrected chi connectivity index (χ1v) is 3.98. The van der Waals surface area contributed by atoms with E-state index in [9.17, 15) is 8.78 Å². The van der Waals surface area contributed by atoms with E-state index in [0.29, 0.717) is 0 Å². The van der Waals surface area contributed by atoms with Crippen molar-refractivity contribution >= 4 is 0 Å². The molecule has 78 valence electrons. The minimum atomic E-state index is -0.686. The van der Waals surface area contributed by atoms with Crippen molar-refractivity contribution in [3.8, 4) is 11.8 Å². The predicted molar refractivity (Wildman–Crippen MR) is 45.6 cm³/mol. The second-order valence-corrected chi connectivity index (χ2v) is 2.63. The van der Waals surface area contributed by atoms with E-state index in [1.807, 2.05) is 0 Å². The quantitative estimate of drug-likeness (QED) is 0.743. The molecule has 0 saturated carbocycles. The Morgan fingerprint density at radius 1 is 1.33 bits per heavy atom. The van der Waals surface area contributed by atoms with Crippen LogP contribution in [-0.4, -0.2) is 26.9 Å². The Kier molecular flexibility index (Phi) is 2.28. The van der Waals surface area contributed by atoms with E-state index < -0.39 is 11.6 Å². The van der Waals surface area contributed by atoms with Crippen LogP contribution in [0.4, 0.5) is 8.78 Å². The molecule has 0 atom stereocenters. The lowest BCUT2D eigenvalue weighted by atomic mass is 10.6. The fraction of sp³-hybridized carbons (Fsp3) is 0.125. The molecule has 7 heteroatoms. The van der Waals surface area contributed by atoms with Gasteiger partial charge in [-0.3, -0.25) is 0 Å². The Morgan fingerprint density at radius 3 is 2.73 bits per heavy atom. The molecule has 2 aromatic rings. The smallest absolute Gasteiger partial charge is 0.255 e. The number of ether oxygens (including phenoxy) is 1. The van der Waals surface area contributed by atoms with Gasteiger partial charge in [0.2, 0.25) is 5.82 Å². The molecule has 5 nitrogen and oxygen atoms in total. The monoisotopic (exact) mass is 212 g/mol. The Balaban J connectivity index is 2.45. The van der Waals surface area contributed by atoms with Gasteiger partial charge in [0.1, 0.15) is 0 Å². The lowest BCUT2D eigenvalue weighted by molar-refractivity contribution is 0.365. The highest BCUT2D eigenvalue weighted by Gasteiger charge is 2.09. The van der Waals surface area contributed by atoms with E-state index in [1.54, 1.807) is 0 Å². The summed E-state index contributed by atoms with van der Waals surface area (Å²) in [6.07, 6.45) is 3.01. The summed E-state index contributed by atoms with van der Waals surface area (Å²) in [5.74, 6) is -1.39. The molecule has 0 aliphatic carbocycles. The van der Waals surface area contributed by atoms with Crippen LogP contribution in [0.15, 0.2) is 18.6 Å². The highest BCUT2D eigenvalue weighted by molar-refractivity contribution is 5.18. The van der Waals surface area contributed by atoms with Gasteiger partial charge in [-0.25, -0.2) is 14.1 Å². The Bertz CT molecular complexity index is 485. The summed E-state index contributed by atoms with van der Waals surface area (Å²) in [5, 5.41) is 3.63. The zero-order valence-electron chi connectivity index (χ0n) is 7.69. The summed E-state index contributed by atoms with van der Waals surface area (Å²) >= 11 is 0. The molecule has 0 saturated heterocycles. The fourth-order valence-electron chi connectivity index (χ4n) is 1.01. The first-order valence-electron chi connectivity index (χ1n) is 3.98. The van der Waals surface area contributed by atoms with Gasteiger partial charge in [-0.15, -0.1) is 0 Å². The molecule has 0 N–H and O–H groups in total.